The summed E-state index contributed by atoms with van der Waals surface area (Å²) >= 11 is 18.9. The Morgan fingerprint density at radius 2 is 1.78 bits per heavy atom. The molecule has 0 radical (unpaired) electrons. The van der Waals surface area contributed by atoms with Gasteiger partial charge in [0, 0.05) is 35.6 Å². The highest BCUT2D eigenvalue weighted by molar-refractivity contribution is 6.36. The number of anilines is 1. The second kappa shape index (κ2) is 9.56. The number of hydrogen-bond acceptors (Lipinski definition) is 4. The lowest BCUT2D eigenvalue weighted by Crippen LogP contribution is -2.45. The van der Waals surface area contributed by atoms with Gasteiger partial charge in [0.15, 0.2) is 5.76 Å². The minimum Gasteiger partial charge on any atom is -0.458 e. The third-order valence-corrected chi connectivity index (χ3v) is 7.21. The molecule has 1 fully saturated rings. The first-order valence-corrected chi connectivity index (χ1v) is 12.1. The minimum atomic E-state index is 0.193. The van der Waals surface area contributed by atoms with E-state index in [2.05, 4.69) is 28.4 Å². The first kappa shape index (κ1) is 22.0. The third kappa shape index (κ3) is 4.74. The summed E-state index contributed by atoms with van der Waals surface area (Å²) in [4.78, 5) is 2.39. The molecule has 2 aromatic rings. The van der Waals surface area contributed by atoms with Crippen molar-refractivity contribution < 1.29 is 9.47 Å². The normalized spacial score (nSPS) is 22.8. The second-order valence-electron chi connectivity index (χ2n) is 8.46. The monoisotopic (exact) mass is 490 g/mol. The molecule has 4 nitrogen and oxygen atoms in total. The molecule has 5 rings (SSSR count). The number of rotatable bonds is 5. The summed E-state index contributed by atoms with van der Waals surface area (Å²) in [5, 5.41) is 5.85. The quantitative estimate of drug-likeness (QED) is 0.494. The first-order valence-electron chi connectivity index (χ1n) is 11.0. The fourth-order valence-corrected chi connectivity index (χ4v) is 5.38. The molecule has 2 atom stereocenters. The van der Waals surface area contributed by atoms with E-state index in [0.29, 0.717) is 22.9 Å². The van der Waals surface area contributed by atoms with Crippen molar-refractivity contribution in [3.8, 4) is 0 Å². The minimum absolute atomic E-state index is 0.193. The lowest BCUT2D eigenvalue weighted by molar-refractivity contribution is 0.0729. The van der Waals surface area contributed by atoms with Crippen molar-refractivity contribution >= 4 is 40.5 Å². The molecule has 2 heterocycles. The zero-order valence-corrected chi connectivity index (χ0v) is 19.9. The Kier molecular flexibility index (Phi) is 6.56. The van der Waals surface area contributed by atoms with Gasteiger partial charge in [0.05, 0.1) is 16.8 Å². The summed E-state index contributed by atoms with van der Waals surface area (Å²) in [6.07, 6.45) is 6.07. The Morgan fingerprint density at radius 1 is 0.969 bits per heavy atom. The third-order valence-electron chi connectivity index (χ3n) is 6.43. The fourth-order valence-electron chi connectivity index (χ4n) is 4.73. The van der Waals surface area contributed by atoms with Crippen LogP contribution in [0.4, 0.5) is 5.69 Å². The van der Waals surface area contributed by atoms with Gasteiger partial charge in [-0.3, -0.25) is 0 Å². The highest BCUT2D eigenvalue weighted by atomic mass is 35.5. The molecule has 2 unspecified atom stereocenters. The van der Waals surface area contributed by atoms with Gasteiger partial charge in [-0.25, -0.2) is 0 Å². The van der Waals surface area contributed by atoms with E-state index < -0.39 is 0 Å². The molecule has 1 saturated heterocycles. The van der Waals surface area contributed by atoms with Gasteiger partial charge in [0.25, 0.3) is 0 Å². The standard InChI is InChI=1S/C25H25Cl3N2O2/c26-18-4-2-17(3-5-18)23-13-20(9-10-30(23)22-7-6-19(27)12-21(22)28)29-14-16-1-8-24-25(11-16)32-15-31-24/h2-7,11-12,20,23,29H,1,8-10,13-15H2. The van der Waals surface area contributed by atoms with Crippen LogP contribution in [0.15, 0.2) is 65.6 Å². The van der Waals surface area contributed by atoms with Gasteiger partial charge in [0.1, 0.15) is 5.76 Å². The van der Waals surface area contributed by atoms with Crippen LogP contribution in [0.1, 0.15) is 37.3 Å². The molecular formula is C25H25Cl3N2O2. The molecule has 2 aromatic carbocycles. The molecule has 3 aliphatic rings. The largest absolute Gasteiger partial charge is 0.458 e. The molecule has 32 heavy (non-hydrogen) atoms. The Bertz CT molecular complexity index is 1050. The molecule has 2 aliphatic heterocycles. The maximum Gasteiger partial charge on any atom is 0.230 e. The van der Waals surface area contributed by atoms with E-state index in [1.807, 2.05) is 30.3 Å². The van der Waals surface area contributed by atoms with Crippen LogP contribution in [0.5, 0.6) is 0 Å². The van der Waals surface area contributed by atoms with Crippen LogP contribution in [-0.4, -0.2) is 25.9 Å². The fraction of sp³-hybridized carbons (Fsp3) is 0.360. The van der Waals surface area contributed by atoms with E-state index >= 15 is 0 Å². The Balaban J connectivity index is 1.33. The molecule has 1 N–H and O–H groups in total. The molecule has 7 heteroatoms. The van der Waals surface area contributed by atoms with Crippen molar-refractivity contribution in [2.45, 2.75) is 37.8 Å². The van der Waals surface area contributed by atoms with Gasteiger partial charge in [-0.05, 0) is 61.2 Å². The van der Waals surface area contributed by atoms with Crippen LogP contribution >= 0.6 is 34.8 Å². The SMILES string of the molecule is Clc1ccc(C2CC(NCC3=CC4=C(CC3)OCO4)CCN2c2ccc(Cl)cc2Cl)cc1. The summed E-state index contributed by atoms with van der Waals surface area (Å²) in [7, 11) is 0. The van der Waals surface area contributed by atoms with Gasteiger partial charge >= 0.3 is 0 Å². The summed E-state index contributed by atoms with van der Waals surface area (Å²) in [6, 6.07) is 14.5. The molecule has 0 bridgehead atoms. The number of ether oxygens (including phenoxy) is 2. The van der Waals surface area contributed by atoms with E-state index in [0.717, 1.165) is 61.0 Å². The van der Waals surface area contributed by atoms with Gasteiger partial charge < -0.3 is 19.7 Å². The number of halogens is 3. The molecule has 0 amide bonds. The van der Waals surface area contributed by atoms with Crippen LogP contribution in [0, 0.1) is 0 Å². The van der Waals surface area contributed by atoms with Crippen LogP contribution in [0.25, 0.3) is 0 Å². The topological polar surface area (TPSA) is 33.7 Å². The van der Waals surface area contributed by atoms with Crippen molar-refractivity contribution in [3.63, 3.8) is 0 Å². The first-order chi connectivity index (χ1) is 15.6. The average molecular weight is 492 g/mol. The predicted octanol–water partition coefficient (Wildman–Crippen LogP) is 6.88. The lowest BCUT2D eigenvalue weighted by Gasteiger charge is -2.42. The van der Waals surface area contributed by atoms with Crippen LogP contribution < -0.4 is 10.2 Å². The second-order valence-corrected chi connectivity index (χ2v) is 9.74. The van der Waals surface area contributed by atoms with Crippen molar-refractivity contribution in [3.05, 3.63) is 86.3 Å². The van der Waals surface area contributed by atoms with E-state index in [4.69, 9.17) is 44.3 Å². The van der Waals surface area contributed by atoms with Gasteiger partial charge in [0.2, 0.25) is 6.79 Å². The zero-order valence-electron chi connectivity index (χ0n) is 17.6. The molecule has 0 aromatic heterocycles. The highest BCUT2D eigenvalue weighted by Crippen LogP contribution is 2.40. The summed E-state index contributed by atoms with van der Waals surface area (Å²) in [6.45, 7) is 2.10. The molecular weight excluding hydrogens is 467 g/mol. The lowest BCUT2D eigenvalue weighted by atomic mass is 9.90. The van der Waals surface area contributed by atoms with Crippen LogP contribution in [-0.2, 0) is 9.47 Å². The number of nitrogens with one attached hydrogen (secondary N) is 1. The summed E-state index contributed by atoms with van der Waals surface area (Å²) < 4.78 is 11.1. The van der Waals surface area contributed by atoms with Crippen LogP contribution in [0.3, 0.4) is 0 Å². The molecule has 0 saturated carbocycles. The number of allylic oxidation sites excluding steroid dienone is 2. The number of piperidine rings is 1. The van der Waals surface area contributed by atoms with Gasteiger partial charge in [-0.15, -0.1) is 0 Å². The number of nitrogens with zero attached hydrogens (tertiary/aromatic N) is 1. The van der Waals surface area contributed by atoms with E-state index in [1.165, 1.54) is 11.1 Å². The predicted molar refractivity (Wildman–Crippen MR) is 130 cm³/mol. The maximum absolute atomic E-state index is 6.59. The zero-order chi connectivity index (χ0) is 22.1. The Hall–Kier alpha value is -1.85. The van der Waals surface area contributed by atoms with Crippen molar-refractivity contribution in [1.29, 1.82) is 0 Å². The maximum atomic E-state index is 6.59. The van der Waals surface area contributed by atoms with Crippen LogP contribution in [0.2, 0.25) is 15.1 Å². The van der Waals surface area contributed by atoms with Gasteiger partial charge in [-0.1, -0.05) is 52.5 Å². The Labute approximate surface area is 203 Å². The van der Waals surface area contributed by atoms with E-state index in [9.17, 15) is 0 Å². The molecule has 168 valence electrons. The van der Waals surface area contributed by atoms with E-state index in [-0.39, 0.29) is 6.04 Å². The van der Waals surface area contributed by atoms with Crippen molar-refractivity contribution in [2.24, 2.45) is 0 Å². The van der Waals surface area contributed by atoms with Crippen molar-refractivity contribution in [1.82, 2.24) is 5.32 Å². The molecule has 1 aliphatic carbocycles. The average Bonchev–Trinajstić information content (AvgIpc) is 3.26. The number of benzene rings is 2. The number of hydrogen-bond donors (Lipinski definition) is 1. The van der Waals surface area contributed by atoms with Gasteiger partial charge in [-0.2, -0.15) is 0 Å². The summed E-state index contributed by atoms with van der Waals surface area (Å²) in [5.74, 6) is 1.89. The Morgan fingerprint density at radius 3 is 2.59 bits per heavy atom. The van der Waals surface area contributed by atoms with E-state index in [1.54, 1.807) is 0 Å². The smallest absolute Gasteiger partial charge is 0.230 e. The molecule has 0 spiro atoms. The summed E-state index contributed by atoms with van der Waals surface area (Å²) in [5.41, 5.74) is 3.61. The van der Waals surface area contributed by atoms with Crippen molar-refractivity contribution in [2.75, 3.05) is 24.8 Å². The highest BCUT2D eigenvalue weighted by Gasteiger charge is 2.31.